The summed E-state index contributed by atoms with van der Waals surface area (Å²) >= 11 is 12.7. The molecule has 0 radical (unpaired) electrons. The zero-order valence-electron chi connectivity index (χ0n) is 16.2. The predicted octanol–water partition coefficient (Wildman–Crippen LogP) is 6.22. The van der Waals surface area contributed by atoms with Crippen LogP contribution in [-0.2, 0) is 0 Å². The summed E-state index contributed by atoms with van der Waals surface area (Å²) in [6.45, 7) is 3.73. The Kier molecular flexibility index (Phi) is 5.33. The fourth-order valence-corrected chi connectivity index (χ4v) is 3.81. The first-order valence-corrected chi connectivity index (χ1v) is 9.92. The van der Waals surface area contributed by atoms with Gasteiger partial charge in [0.2, 0.25) is 0 Å². The number of aromatic nitrogens is 3. The number of rotatable bonds is 4. The van der Waals surface area contributed by atoms with Crippen LogP contribution in [-0.4, -0.2) is 25.8 Å². The van der Waals surface area contributed by atoms with Crippen LogP contribution in [0.3, 0.4) is 0 Å². The summed E-state index contributed by atoms with van der Waals surface area (Å²) in [6, 6.07) is 14.4. The Morgan fingerprint density at radius 1 is 0.933 bits per heavy atom. The average Bonchev–Trinajstić information content (AvgIpc) is 3.08. The molecule has 2 aromatic heterocycles. The van der Waals surface area contributed by atoms with Crippen molar-refractivity contribution < 1.29 is 9.90 Å². The summed E-state index contributed by atoms with van der Waals surface area (Å²) in [5, 5.41) is 15.5. The number of benzene rings is 2. The minimum atomic E-state index is -1.07. The van der Waals surface area contributed by atoms with Gasteiger partial charge in [-0.15, -0.1) is 0 Å². The number of aromatic carboxylic acids is 1. The topological polar surface area (TPSA) is 68.0 Å². The van der Waals surface area contributed by atoms with Crippen LogP contribution in [0.2, 0.25) is 10.0 Å². The summed E-state index contributed by atoms with van der Waals surface area (Å²) in [6.07, 6.45) is 3.38. The third-order valence-corrected chi connectivity index (χ3v) is 5.68. The second kappa shape index (κ2) is 7.94. The molecular formula is C23H17Cl2N3O2. The number of carbonyl (C=O) groups is 1. The molecule has 5 nitrogen and oxygen atoms in total. The number of halogens is 2. The van der Waals surface area contributed by atoms with E-state index in [1.807, 2.05) is 50.2 Å². The summed E-state index contributed by atoms with van der Waals surface area (Å²) in [7, 11) is 0. The lowest BCUT2D eigenvalue weighted by atomic mass is 10.00. The van der Waals surface area contributed by atoms with Gasteiger partial charge in [-0.2, -0.15) is 5.10 Å². The molecule has 150 valence electrons. The van der Waals surface area contributed by atoms with Crippen LogP contribution in [0.1, 0.15) is 21.6 Å². The van der Waals surface area contributed by atoms with Gasteiger partial charge in [0, 0.05) is 34.2 Å². The highest BCUT2D eigenvalue weighted by atomic mass is 35.5. The molecule has 0 unspecified atom stereocenters. The van der Waals surface area contributed by atoms with Gasteiger partial charge < -0.3 is 5.11 Å². The maximum atomic E-state index is 11.9. The fraction of sp³-hybridized carbons (Fsp3) is 0.0870. The Bertz CT molecular complexity index is 1250. The van der Waals surface area contributed by atoms with Gasteiger partial charge in [-0.3, -0.25) is 4.98 Å². The molecule has 2 heterocycles. The molecule has 0 fully saturated rings. The second-order valence-corrected chi connectivity index (χ2v) is 7.68. The van der Waals surface area contributed by atoms with Crippen LogP contribution in [0, 0.1) is 13.8 Å². The number of nitrogens with zero attached hydrogens (tertiary/aromatic N) is 3. The monoisotopic (exact) mass is 437 g/mol. The third-order valence-electron chi connectivity index (χ3n) is 4.95. The van der Waals surface area contributed by atoms with Crippen molar-refractivity contribution >= 4 is 29.2 Å². The van der Waals surface area contributed by atoms with E-state index in [-0.39, 0.29) is 5.56 Å². The van der Waals surface area contributed by atoms with E-state index in [4.69, 9.17) is 28.3 Å². The van der Waals surface area contributed by atoms with E-state index in [0.29, 0.717) is 21.4 Å². The molecule has 0 saturated heterocycles. The van der Waals surface area contributed by atoms with Gasteiger partial charge in [0.25, 0.3) is 0 Å². The molecule has 0 amide bonds. The maximum Gasteiger partial charge on any atom is 0.337 e. The van der Waals surface area contributed by atoms with Crippen molar-refractivity contribution in [2.24, 2.45) is 0 Å². The predicted molar refractivity (Wildman–Crippen MR) is 119 cm³/mol. The molecule has 0 aliphatic carbocycles. The summed E-state index contributed by atoms with van der Waals surface area (Å²) < 4.78 is 1.61. The van der Waals surface area contributed by atoms with E-state index in [1.54, 1.807) is 29.2 Å². The molecule has 0 aliphatic heterocycles. The van der Waals surface area contributed by atoms with E-state index in [0.717, 1.165) is 27.9 Å². The third kappa shape index (κ3) is 3.47. The highest BCUT2D eigenvalue weighted by Crippen LogP contribution is 2.38. The van der Waals surface area contributed by atoms with Crippen molar-refractivity contribution in [3.63, 3.8) is 0 Å². The van der Waals surface area contributed by atoms with Gasteiger partial charge >= 0.3 is 5.97 Å². The maximum absolute atomic E-state index is 11.9. The summed E-state index contributed by atoms with van der Waals surface area (Å²) in [4.78, 5) is 16.0. The zero-order valence-corrected chi connectivity index (χ0v) is 17.7. The van der Waals surface area contributed by atoms with Crippen LogP contribution < -0.4 is 0 Å². The Hall–Kier alpha value is -3.15. The van der Waals surface area contributed by atoms with Crippen LogP contribution in [0.25, 0.3) is 28.1 Å². The highest BCUT2D eigenvalue weighted by Gasteiger charge is 2.24. The lowest BCUT2D eigenvalue weighted by Gasteiger charge is -2.13. The molecule has 0 aliphatic rings. The first-order chi connectivity index (χ1) is 14.4. The Balaban J connectivity index is 2.07. The number of hydrogen-bond acceptors (Lipinski definition) is 3. The highest BCUT2D eigenvalue weighted by molar-refractivity contribution is 6.34. The van der Waals surface area contributed by atoms with E-state index in [1.165, 1.54) is 0 Å². The average molecular weight is 438 g/mol. The molecule has 1 N–H and O–H groups in total. The van der Waals surface area contributed by atoms with Crippen molar-refractivity contribution in [2.75, 3.05) is 0 Å². The standard InChI is InChI=1S/C23H17Cl2N3O2/c1-13-3-8-18(23(29)30)22(20(13)25)28-14(2)19(15-4-6-17(24)7-5-15)21(27-28)16-9-11-26-12-10-16/h3-12H,1-2H3,(H,29,30). The molecular weight excluding hydrogens is 421 g/mol. The molecule has 4 aromatic rings. The molecule has 0 atom stereocenters. The fourth-order valence-electron chi connectivity index (χ4n) is 3.44. The van der Waals surface area contributed by atoms with Gasteiger partial charge in [0.1, 0.15) is 5.69 Å². The van der Waals surface area contributed by atoms with Crippen molar-refractivity contribution in [3.05, 3.63) is 87.8 Å². The van der Waals surface area contributed by atoms with Crippen molar-refractivity contribution in [1.29, 1.82) is 0 Å². The number of carboxylic acids is 1. The van der Waals surface area contributed by atoms with E-state index in [2.05, 4.69) is 4.98 Å². The van der Waals surface area contributed by atoms with Gasteiger partial charge in [-0.1, -0.05) is 41.4 Å². The molecule has 2 aromatic carbocycles. The van der Waals surface area contributed by atoms with Gasteiger partial charge in [-0.05, 0) is 55.3 Å². The lowest BCUT2D eigenvalue weighted by Crippen LogP contribution is -2.09. The Morgan fingerprint density at radius 2 is 1.60 bits per heavy atom. The van der Waals surface area contributed by atoms with Crippen LogP contribution in [0.15, 0.2) is 60.9 Å². The van der Waals surface area contributed by atoms with E-state index < -0.39 is 5.97 Å². The quantitative estimate of drug-likeness (QED) is 0.411. The molecule has 0 saturated carbocycles. The number of hydrogen-bond donors (Lipinski definition) is 1. The SMILES string of the molecule is Cc1ccc(C(=O)O)c(-n2nc(-c3ccncc3)c(-c3ccc(Cl)cc3)c2C)c1Cl. The van der Waals surface area contributed by atoms with Crippen molar-refractivity contribution in [3.8, 4) is 28.1 Å². The van der Waals surface area contributed by atoms with Crippen molar-refractivity contribution in [2.45, 2.75) is 13.8 Å². The lowest BCUT2D eigenvalue weighted by molar-refractivity contribution is 0.0696. The first kappa shape index (κ1) is 20.1. The van der Waals surface area contributed by atoms with E-state index in [9.17, 15) is 9.90 Å². The normalized spacial score (nSPS) is 10.9. The molecule has 30 heavy (non-hydrogen) atoms. The second-order valence-electron chi connectivity index (χ2n) is 6.86. The number of aryl methyl sites for hydroxylation is 1. The smallest absolute Gasteiger partial charge is 0.337 e. The van der Waals surface area contributed by atoms with Crippen LogP contribution >= 0.6 is 23.2 Å². The number of pyridine rings is 1. The summed E-state index contributed by atoms with van der Waals surface area (Å²) in [5.41, 5.74) is 5.30. The zero-order chi connectivity index (χ0) is 21.4. The molecule has 0 bridgehead atoms. The minimum absolute atomic E-state index is 0.0835. The minimum Gasteiger partial charge on any atom is -0.478 e. The molecule has 0 spiro atoms. The van der Waals surface area contributed by atoms with Gasteiger partial charge in [-0.25, -0.2) is 9.48 Å². The first-order valence-electron chi connectivity index (χ1n) is 9.17. The Labute approximate surface area is 183 Å². The molecule has 4 rings (SSSR count). The Morgan fingerprint density at radius 3 is 2.23 bits per heavy atom. The van der Waals surface area contributed by atoms with Gasteiger partial charge in [0.05, 0.1) is 16.3 Å². The molecule has 7 heteroatoms. The largest absolute Gasteiger partial charge is 0.478 e. The van der Waals surface area contributed by atoms with E-state index >= 15 is 0 Å². The van der Waals surface area contributed by atoms with Gasteiger partial charge in [0.15, 0.2) is 0 Å². The van der Waals surface area contributed by atoms with Crippen molar-refractivity contribution in [1.82, 2.24) is 14.8 Å². The van der Waals surface area contributed by atoms with Crippen LogP contribution in [0.4, 0.5) is 0 Å². The van der Waals surface area contributed by atoms with Crippen LogP contribution in [0.5, 0.6) is 0 Å². The summed E-state index contributed by atoms with van der Waals surface area (Å²) in [5.74, 6) is -1.07. The number of carboxylic acid groups (broad SMARTS) is 1.